The van der Waals surface area contributed by atoms with Crippen LogP contribution in [0.1, 0.15) is 19.4 Å². The standard InChI is InChI=1S/C22H20FN3OS/c1-22(2)16-6-4-5-7-17(16)26(3)19(22)13-12-18-20(27)25-21(28-18)24-15-10-8-14(23)9-11-15/h4-13H,1-3H3,(H,24,25,27)/b18-12+,19-13-. The number of para-hydroxylation sites is 1. The van der Waals surface area contributed by atoms with E-state index in [1.54, 1.807) is 12.1 Å². The molecule has 4 nitrogen and oxygen atoms in total. The number of rotatable bonds is 2. The van der Waals surface area contributed by atoms with Gasteiger partial charge in [0.1, 0.15) is 5.82 Å². The van der Waals surface area contributed by atoms with E-state index in [2.05, 4.69) is 41.2 Å². The van der Waals surface area contributed by atoms with E-state index in [0.29, 0.717) is 15.8 Å². The molecule has 6 heteroatoms. The number of carbonyl (C=O) groups excluding carboxylic acids is 1. The van der Waals surface area contributed by atoms with Crippen LogP contribution in [0.15, 0.2) is 76.3 Å². The van der Waals surface area contributed by atoms with E-state index in [9.17, 15) is 9.18 Å². The summed E-state index contributed by atoms with van der Waals surface area (Å²) in [6, 6.07) is 14.2. The third kappa shape index (κ3) is 3.24. The molecule has 2 aromatic rings. The number of amides is 1. The van der Waals surface area contributed by atoms with Crippen LogP contribution in [0.3, 0.4) is 0 Å². The summed E-state index contributed by atoms with van der Waals surface area (Å²) in [7, 11) is 2.04. The number of halogens is 1. The highest BCUT2D eigenvalue weighted by molar-refractivity contribution is 8.18. The fourth-order valence-corrected chi connectivity index (χ4v) is 4.37. The molecule has 0 saturated carbocycles. The second kappa shape index (κ2) is 6.95. The second-order valence-electron chi connectivity index (χ2n) is 7.23. The van der Waals surface area contributed by atoms with Crippen molar-refractivity contribution in [3.63, 3.8) is 0 Å². The maximum absolute atomic E-state index is 13.0. The van der Waals surface area contributed by atoms with Gasteiger partial charge in [0.15, 0.2) is 5.17 Å². The first kappa shape index (κ1) is 18.5. The van der Waals surface area contributed by atoms with E-state index >= 15 is 0 Å². The van der Waals surface area contributed by atoms with Gasteiger partial charge in [-0.25, -0.2) is 9.38 Å². The summed E-state index contributed by atoms with van der Waals surface area (Å²) in [4.78, 5) is 19.4. The zero-order valence-corrected chi connectivity index (χ0v) is 16.7. The van der Waals surface area contributed by atoms with Crippen LogP contribution in [-0.2, 0) is 10.2 Å². The molecule has 0 aliphatic carbocycles. The van der Waals surface area contributed by atoms with E-state index in [1.807, 2.05) is 31.3 Å². The van der Waals surface area contributed by atoms with Gasteiger partial charge in [0.25, 0.3) is 5.91 Å². The number of carbonyl (C=O) groups is 1. The lowest BCUT2D eigenvalue weighted by atomic mass is 9.84. The molecule has 1 amide bonds. The molecule has 2 aromatic carbocycles. The van der Waals surface area contributed by atoms with Crippen LogP contribution in [-0.4, -0.2) is 18.1 Å². The van der Waals surface area contributed by atoms with E-state index < -0.39 is 0 Å². The molecule has 1 saturated heterocycles. The predicted octanol–water partition coefficient (Wildman–Crippen LogP) is 4.87. The molecular formula is C22H20FN3OS. The first-order chi connectivity index (χ1) is 13.4. The van der Waals surface area contributed by atoms with Gasteiger partial charge in [0.2, 0.25) is 0 Å². The smallest absolute Gasteiger partial charge is 0.264 e. The highest BCUT2D eigenvalue weighted by Gasteiger charge is 2.37. The second-order valence-corrected chi connectivity index (χ2v) is 8.26. The number of anilines is 1. The molecular weight excluding hydrogens is 373 g/mol. The minimum atomic E-state index is -0.316. The van der Waals surface area contributed by atoms with Gasteiger partial charge < -0.3 is 10.2 Å². The predicted molar refractivity (Wildman–Crippen MR) is 113 cm³/mol. The summed E-state index contributed by atoms with van der Waals surface area (Å²) in [6.07, 6.45) is 3.84. The molecule has 2 aliphatic rings. The number of aliphatic imine (C=N–C) groups is 1. The molecule has 2 aliphatic heterocycles. The maximum atomic E-state index is 13.0. The molecule has 0 aromatic heterocycles. The fourth-order valence-electron chi connectivity index (χ4n) is 3.58. The van der Waals surface area contributed by atoms with Crippen molar-refractivity contribution in [2.45, 2.75) is 19.3 Å². The number of hydrogen-bond acceptors (Lipinski definition) is 4. The Kier molecular flexibility index (Phi) is 4.59. The summed E-state index contributed by atoms with van der Waals surface area (Å²) < 4.78 is 13.0. The van der Waals surface area contributed by atoms with Gasteiger partial charge in [-0.15, -0.1) is 0 Å². The summed E-state index contributed by atoms with van der Waals surface area (Å²) >= 11 is 1.28. The Morgan fingerprint density at radius 3 is 2.54 bits per heavy atom. The molecule has 0 spiro atoms. The van der Waals surface area contributed by atoms with Crippen molar-refractivity contribution < 1.29 is 9.18 Å². The third-order valence-electron chi connectivity index (χ3n) is 5.04. The number of amidine groups is 1. The molecule has 2 heterocycles. The zero-order chi connectivity index (χ0) is 19.9. The Bertz CT molecular complexity index is 1040. The number of benzene rings is 2. The Morgan fingerprint density at radius 1 is 1.11 bits per heavy atom. The van der Waals surface area contributed by atoms with Gasteiger partial charge in [-0.2, -0.15) is 0 Å². The van der Waals surface area contributed by atoms with Gasteiger partial charge >= 0.3 is 0 Å². The molecule has 1 N–H and O–H groups in total. The number of nitrogens with zero attached hydrogens (tertiary/aromatic N) is 2. The normalized spacial score (nSPS) is 22.2. The molecule has 1 fully saturated rings. The minimum Gasteiger partial charge on any atom is -0.347 e. The van der Waals surface area contributed by atoms with Gasteiger partial charge in [0.05, 0.1) is 10.6 Å². The van der Waals surface area contributed by atoms with Crippen LogP contribution in [0.4, 0.5) is 15.8 Å². The number of allylic oxidation sites excluding steroid dienone is 3. The number of thioether (sulfide) groups is 1. The SMILES string of the molecule is CN1/C(=C\C=C2\SC(=Nc3ccc(F)cc3)NC2=O)C(C)(C)c2ccccc21. The van der Waals surface area contributed by atoms with Crippen LogP contribution >= 0.6 is 11.8 Å². The minimum absolute atomic E-state index is 0.146. The summed E-state index contributed by atoms with van der Waals surface area (Å²) in [6.45, 7) is 4.37. The maximum Gasteiger partial charge on any atom is 0.264 e. The lowest BCUT2D eigenvalue weighted by Gasteiger charge is -2.23. The number of likely N-dealkylation sites (N-methyl/N-ethyl adjacent to an activating group) is 1. The van der Waals surface area contributed by atoms with Crippen molar-refractivity contribution in [3.8, 4) is 0 Å². The van der Waals surface area contributed by atoms with Crippen molar-refractivity contribution >= 4 is 34.2 Å². The molecule has 28 heavy (non-hydrogen) atoms. The molecule has 142 valence electrons. The first-order valence-corrected chi connectivity index (χ1v) is 9.77. The molecule has 4 rings (SSSR count). The van der Waals surface area contributed by atoms with E-state index in [0.717, 1.165) is 5.70 Å². The van der Waals surface area contributed by atoms with Gasteiger partial charge in [-0.1, -0.05) is 32.0 Å². The molecule has 0 atom stereocenters. The van der Waals surface area contributed by atoms with Crippen LogP contribution in [0, 0.1) is 5.82 Å². The van der Waals surface area contributed by atoms with Crippen LogP contribution in [0.5, 0.6) is 0 Å². The van der Waals surface area contributed by atoms with Crippen molar-refractivity contribution in [2.75, 3.05) is 11.9 Å². The topological polar surface area (TPSA) is 44.7 Å². The van der Waals surface area contributed by atoms with Crippen molar-refractivity contribution in [1.82, 2.24) is 5.32 Å². The molecule has 0 unspecified atom stereocenters. The summed E-state index contributed by atoms with van der Waals surface area (Å²) in [5, 5.41) is 3.25. The third-order valence-corrected chi connectivity index (χ3v) is 5.97. The quantitative estimate of drug-likeness (QED) is 0.740. The van der Waals surface area contributed by atoms with Crippen LogP contribution in [0.2, 0.25) is 0 Å². The van der Waals surface area contributed by atoms with Gasteiger partial charge in [0, 0.05) is 23.8 Å². The van der Waals surface area contributed by atoms with Crippen molar-refractivity contribution in [1.29, 1.82) is 0 Å². The Balaban J connectivity index is 1.60. The van der Waals surface area contributed by atoms with Gasteiger partial charge in [-0.05, 0) is 59.8 Å². The highest BCUT2D eigenvalue weighted by atomic mass is 32.2. The Morgan fingerprint density at radius 2 is 1.82 bits per heavy atom. The van der Waals surface area contributed by atoms with Crippen molar-refractivity contribution in [3.05, 3.63) is 82.7 Å². The van der Waals surface area contributed by atoms with E-state index in [1.165, 1.54) is 35.1 Å². The number of fused-ring (bicyclic) bond motifs is 1. The lowest BCUT2D eigenvalue weighted by molar-refractivity contribution is -0.115. The molecule has 0 bridgehead atoms. The zero-order valence-electron chi connectivity index (χ0n) is 15.9. The molecule has 0 radical (unpaired) electrons. The van der Waals surface area contributed by atoms with Crippen LogP contribution in [0.25, 0.3) is 0 Å². The Labute approximate surface area is 167 Å². The highest BCUT2D eigenvalue weighted by Crippen LogP contribution is 2.46. The summed E-state index contributed by atoms with van der Waals surface area (Å²) in [5.41, 5.74) is 4.02. The fraction of sp³-hybridized carbons (Fsp3) is 0.182. The van der Waals surface area contributed by atoms with E-state index in [-0.39, 0.29) is 17.1 Å². The lowest BCUT2D eigenvalue weighted by Crippen LogP contribution is -2.22. The number of hydrogen-bond donors (Lipinski definition) is 1. The Hall–Kier alpha value is -2.86. The summed E-state index contributed by atoms with van der Waals surface area (Å²) in [5.74, 6) is -0.498. The monoisotopic (exact) mass is 393 g/mol. The largest absolute Gasteiger partial charge is 0.347 e. The first-order valence-electron chi connectivity index (χ1n) is 8.95. The number of nitrogens with one attached hydrogen (secondary N) is 1. The van der Waals surface area contributed by atoms with Crippen LogP contribution < -0.4 is 10.2 Å². The average Bonchev–Trinajstić information content (AvgIpc) is 3.11. The van der Waals surface area contributed by atoms with E-state index in [4.69, 9.17) is 0 Å². The van der Waals surface area contributed by atoms with Gasteiger partial charge in [-0.3, -0.25) is 4.79 Å². The van der Waals surface area contributed by atoms with Crippen molar-refractivity contribution in [2.24, 2.45) is 4.99 Å². The average molecular weight is 393 g/mol.